The number of hydrogen-bond donors (Lipinski definition) is 3. The Balaban J connectivity index is 1.98. The largest absolute Gasteiger partial charge is 0.398 e. The lowest BCUT2D eigenvalue weighted by Crippen LogP contribution is -2.16. The third-order valence-electron chi connectivity index (χ3n) is 3.44. The van der Waals surface area contributed by atoms with Crippen molar-refractivity contribution < 1.29 is 5.11 Å². The van der Waals surface area contributed by atoms with Gasteiger partial charge in [0, 0.05) is 24.5 Å². The van der Waals surface area contributed by atoms with Gasteiger partial charge in [0.25, 0.3) is 0 Å². The minimum Gasteiger partial charge on any atom is -0.398 e. The Kier molecular flexibility index (Phi) is 3.21. The predicted molar refractivity (Wildman–Crippen MR) is 67.4 cm³/mol. The van der Waals surface area contributed by atoms with Crippen LogP contribution in [-0.4, -0.2) is 18.3 Å². The first-order valence-electron chi connectivity index (χ1n) is 5.83. The summed E-state index contributed by atoms with van der Waals surface area (Å²) in [6, 6.07) is 7.46. The van der Waals surface area contributed by atoms with Gasteiger partial charge in [-0.3, -0.25) is 0 Å². The van der Waals surface area contributed by atoms with E-state index >= 15 is 0 Å². The fourth-order valence-electron chi connectivity index (χ4n) is 1.98. The molecule has 0 saturated heterocycles. The third kappa shape index (κ3) is 2.69. The summed E-state index contributed by atoms with van der Waals surface area (Å²) in [7, 11) is 0. The summed E-state index contributed by atoms with van der Waals surface area (Å²) >= 11 is 0. The molecule has 0 atom stereocenters. The number of nitrogens with zero attached hydrogens (tertiary/aromatic N) is 1. The highest BCUT2D eigenvalue weighted by Crippen LogP contribution is 2.48. The predicted octanol–water partition coefficient (Wildman–Crippen LogP) is 1.71. The second kappa shape index (κ2) is 4.64. The van der Waals surface area contributed by atoms with Crippen LogP contribution < -0.4 is 11.1 Å². The van der Waals surface area contributed by atoms with E-state index in [2.05, 4.69) is 11.4 Å². The van der Waals surface area contributed by atoms with Crippen molar-refractivity contribution in [3.05, 3.63) is 23.8 Å². The van der Waals surface area contributed by atoms with Gasteiger partial charge in [-0.2, -0.15) is 5.26 Å². The number of aliphatic hydroxyl groups excluding tert-OH is 1. The highest BCUT2D eigenvalue weighted by Gasteiger charge is 2.41. The summed E-state index contributed by atoms with van der Waals surface area (Å²) in [4.78, 5) is 0. The first-order valence-corrected chi connectivity index (χ1v) is 5.83. The van der Waals surface area contributed by atoms with Gasteiger partial charge in [-0.1, -0.05) is 0 Å². The molecule has 1 aliphatic carbocycles. The van der Waals surface area contributed by atoms with Crippen LogP contribution in [0.2, 0.25) is 0 Å². The first kappa shape index (κ1) is 11.7. The summed E-state index contributed by atoms with van der Waals surface area (Å²) in [5, 5.41) is 21.2. The van der Waals surface area contributed by atoms with Crippen molar-refractivity contribution in [3.63, 3.8) is 0 Å². The number of benzene rings is 1. The van der Waals surface area contributed by atoms with Crippen LogP contribution in [0.3, 0.4) is 0 Å². The number of rotatable bonds is 5. The number of nitrogen functional groups attached to an aromatic ring is 1. The number of hydrogen-bond acceptors (Lipinski definition) is 4. The molecule has 0 heterocycles. The smallest absolute Gasteiger partial charge is 0.101 e. The summed E-state index contributed by atoms with van der Waals surface area (Å²) in [5.74, 6) is 0. The Hall–Kier alpha value is -1.73. The molecule has 1 aromatic rings. The molecule has 4 nitrogen and oxygen atoms in total. The standard InChI is InChI=1S/C13H17N3O/c14-8-10-7-11(1-2-12(10)15)16-9-13(3-4-13)5-6-17/h1-2,7,16-17H,3-6,9,15H2. The molecule has 0 unspecified atom stereocenters. The van der Waals surface area contributed by atoms with Crippen molar-refractivity contribution >= 4 is 11.4 Å². The Morgan fingerprint density at radius 2 is 2.24 bits per heavy atom. The van der Waals surface area contributed by atoms with Crippen LogP contribution in [-0.2, 0) is 0 Å². The van der Waals surface area contributed by atoms with E-state index in [1.54, 1.807) is 12.1 Å². The van der Waals surface area contributed by atoms with Crippen molar-refractivity contribution in [1.82, 2.24) is 0 Å². The molecular weight excluding hydrogens is 214 g/mol. The maximum atomic E-state index is 8.97. The number of anilines is 2. The van der Waals surface area contributed by atoms with Crippen LogP contribution in [0.4, 0.5) is 11.4 Å². The average Bonchev–Trinajstić information content (AvgIpc) is 3.09. The molecule has 90 valence electrons. The zero-order valence-corrected chi connectivity index (χ0v) is 9.74. The van der Waals surface area contributed by atoms with E-state index in [9.17, 15) is 0 Å². The molecule has 0 spiro atoms. The second-order valence-electron chi connectivity index (χ2n) is 4.74. The van der Waals surface area contributed by atoms with Crippen LogP contribution in [0.15, 0.2) is 18.2 Å². The topological polar surface area (TPSA) is 82.1 Å². The fourth-order valence-corrected chi connectivity index (χ4v) is 1.98. The van der Waals surface area contributed by atoms with Crippen LogP contribution in [0.25, 0.3) is 0 Å². The minimum atomic E-state index is 0.243. The van der Waals surface area contributed by atoms with Gasteiger partial charge in [-0.15, -0.1) is 0 Å². The van der Waals surface area contributed by atoms with Gasteiger partial charge in [-0.05, 0) is 42.9 Å². The highest BCUT2D eigenvalue weighted by molar-refractivity contribution is 5.61. The Labute approximate surface area is 101 Å². The summed E-state index contributed by atoms with van der Waals surface area (Å²) in [6.45, 7) is 1.09. The molecule has 0 amide bonds. The van der Waals surface area contributed by atoms with Gasteiger partial charge in [0.1, 0.15) is 6.07 Å². The molecule has 2 rings (SSSR count). The molecule has 4 heteroatoms. The second-order valence-corrected chi connectivity index (χ2v) is 4.74. The number of nitrogens with one attached hydrogen (secondary N) is 1. The van der Waals surface area contributed by atoms with E-state index in [1.807, 2.05) is 6.07 Å². The maximum absolute atomic E-state index is 8.97. The van der Waals surface area contributed by atoms with Gasteiger partial charge in [0.05, 0.1) is 5.56 Å². The molecule has 0 aliphatic heterocycles. The van der Waals surface area contributed by atoms with Crippen LogP contribution in [0.1, 0.15) is 24.8 Å². The molecule has 1 saturated carbocycles. The number of nitrogens with two attached hydrogens (primary N) is 1. The Bertz CT molecular complexity index is 446. The van der Waals surface area contributed by atoms with Crippen LogP contribution in [0, 0.1) is 16.7 Å². The highest BCUT2D eigenvalue weighted by atomic mass is 16.3. The normalized spacial score (nSPS) is 16.2. The van der Waals surface area contributed by atoms with Crippen molar-refractivity contribution in [2.75, 3.05) is 24.2 Å². The lowest BCUT2D eigenvalue weighted by atomic mass is 10.0. The van der Waals surface area contributed by atoms with Gasteiger partial charge >= 0.3 is 0 Å². The van der Waals surface area contributed by atoms with Gasteiger partial charge in [0.15, 0.2) is 0 Å². The monoisotopic (exact) mass is 231 g/mol. The van der Waals surface area contributed by atoms with E-state index in [-0.39, 0.29) is 12.0 Å². The molecule has 1 aromatic carbocycles. The molecule has 1 aliphatic rings. The molecule has 0 radical (unpaired) electrons. The van der Waals surface area contributed by atoms with Gasteiger partial charge in [-0.25, -0.2) is 0 Å². The van der Waals surface area contributed by atoms with Crippen molar-refractivity contribution in [1.29, 1.82) is 5.26 Å². The summed E-state index contributed by atoms with van der Waals surface area (Å²) in [6.07, 6.45) is 3.18. The maximum Gasteiger partial charge on any atom is 0.101 e. The third-order valence-corrected chi connectivity index (χ3v) is 3.44. The van der Waals surface area contributed by atoms with E-state index in [1.165, 1.54) is 12.8 Å². The molecule has 1 fully saturated rings. The Morgan fingerprint density at radius 3 is 2.82 bits per heavy atom. The van der Waals surface area contributed by atoms with Crippen molar-refractivity contribution in [2.24, 2.45) is 5.41 Å². The van der Waals surface area contributed by atoms with Crippen molar-refractivity contribution in [3.8, 4) is 6.07 Å². The molecular formula is C13H17N3O. The van der Waals surface area contributed by atoms with E-state index in [0.29, 0.717) is 11.3 Å². The number of nitriles is 1. The van der Waals surface area contributed by atoms with Crippen LogP contribution >= 0.6 is 0 Å². The zero-order chi connectivity index (χ0) is 12.3. The average molecular weight is 231 g/mol. The summed E-state index contributed by atoms with van der Waals surface area (Å²) in [5.41, 5.74) is 7.85. The SMILES string of the molecule is N#Cc1cc(NCC2(CCO)CC2)ccc1N. The molecule has 4 N–H and O–H groups in total. The lowest BCUT2D eigenvalue weighted by molar-refractivity contribution is 0.253. The van der Waals surface area contributed by atoms with Gasteiger partial charge < -0.3 is 16.2 Å². The van der Waals surface area contributed by atoms with E-state index in [0.717, 1.165) is 18.7 Å². The van der Waals surface area contributed by atoms with Crippen molar-refractivity contribution in [2.45, 2.75) is 19.3 Å². The quantitative estimate of drug-likeness (QED) is 0.674. The summed E-state index contributed by atoms with van der Waals surface area (Å²) < 4.78 is 0. The first-order chi connectivity index (χ1) is 8.19. The molecule has 0 bridgehead atoms. The molecule has 0 aromatic heterocycles. The van der Waals surface area contributed by atoms with E-state index in [4.69, 9.17) is 16.1 Å². The van der Waals surface area contributed by atoms with E-state index < -0.39 is 0 Å². The minimum absolute atomic E-state index is 0.243. The number of aliphatic hydroxyl groups is 1. The Morgan fingerprint density at radius 1 is 1.47 bits per heavy atom. The van der Waals surface area contributed by atoms with Crippen LogP contribution in [0.5, 0.6) is 0 Å². The van der Waals surface area contributed by atoms with Gasteiger partial charge in [0.2, 0.25) is 0 Å². The molecule has 17 heavy (non-hydrogen) atoms. The lowest BCUT2D eigenvalue weighted by Gasteiger charge is -2.15. The zero-order valence-electron chi connectivity index (χ0n) is 9.74. The fraction of sp³-hybridized carbons (Fsp3) is 0.462.